The highest BCUT2D eigenvalue weighted by atomic mass is 16.6. The fourth-order valence-electron chi connectivity index (χ4n) is 2.45. The monoisotopic (exact) mass is 298 g/mol. The van der Waals surface area contributed by atoms with Gasteiger partial charge < -0.3 is 0 Å². The topological polar surface area (TPSA) is 79.5 Å². The molecule has 0 spiro atoms. The molecule has 0 radical (unpaired) electrons. The second-order valence-corrected chi connectivity index (χ2v) is 4.97. The number of amides is 2. The van der Waals surface area contributed by atoms with E-state index < -0.39 is 0 Å². The third-order valence-electron chi connectivity index (χ3n) is 3.54. The minimum atomic E-state index is -0.239. The highest BCUT2D eigenvalue weighted by Crippen LogP contribution is 2.19. The first-order valence-electron chi connectivity index (χ1n) is 6.98. The molecule has 3 rings (SSSR count). The fourth-order valence-corrected chi connectivity index (χ4v) is 2.45. The molecule has 0 saturated carbocycles. The molecule has 1 aliphatic heterocycles. The van der Waals surface area contributed by atoms with E-state index in [-0.39, 0.29) is 18.2 Å². The van der Waals surface area contributed by atoms with E-state index in [2.05, 4.69) is 20.9 Å². The number of carbonyl (C=O) groups is 2. The van der Waals surface area contributed by atoms with E-state index in [1.807, 2.05) is 0 Å². The molecule has 1 aliphatic rings. The van der Waals surface area contributed by atoms with Gasteiger partial charge in [0.1, 0.15) is 11.0 Å². The van der Waals surface area contributed by atoms with Gasteiger partial charge in [-0.05, 0) is 34.9 Å². The number of hydrogen-bond acceptors (Lipinski definition) is 5. The molecule has 1 saturated heterocycles. The van der Waals surface area contributed by atoms with Crippen LogP contribution in [0.1, 0.15) is 29.6 Å². The quantitative estimate of drug-likeness (QED) is 0.796. The summed E-state index contributed by atoms with van der Waals surface area (Å²) >= 11 is 0. The zero-order chi connectivity index (χ0) is 15.5. The molecule has 1 fully saturated rings. The maximum Gasteiger partial charge on any atom is 0.272 e. The molecule has 22 heavy (non-hydrogen) atoms. The Kier molecular flexibility index (Phi) is 3.74. The van der Waals surface area contributed by atoms with Crippen LogP contribution in [0, 0.1) is 12.3 Å². The largest absolute Gasteiger partial charge is 0.273 e. The van der Waals surface area contributed by atoms with Crippen molar-refractivity contribution in [3.05, 3.63) is 23.8 Å². The maximum atomic E-state index is 12.6. The van der Waals surface area contributed by atoms with Gasteiger partial charge in [-0.15, -0.1) is 12.3 Å². The molecule has 7 heteroatoms. The Labute approximate surface area is 126 Å². The normalized spacial score (nSPS) is 14.3. The van der Waals surface area contributed by atoms with Crippen molar-refractivity contribution >= 4 is 22.8 Å². The van der Waals surface area contributed by atoms with E-state index >= 15 is 0 Å². The van der Waals surface area contributed by atoms with E-state index in [0.717, 1.165) is 6.42 Å². The van der Waals surface area contributed by atoms with E-state index in [0.29, 0.717) is 36.1 Å². The molecule has 0 aliphatic carbocycles. The summed E-state index contributed by atoms with van der Waals surface area (Å²) in [6.45, 7) is 1.04. The molecule has 0 bridgehead atoms. The van der Waals surface area contributed by atoms with Crippen molar-refractivity contribution in [3.63, 3.8) is 0 Å². The van der Waals surface area contributed by atoms with E-state index in [9.17, 15) is 9.59 Å². The Bertz CT molecular complexity index is 761. The van der Waals surface area contributed by atoms with Gasteiger partial charge in [0.25, 0.3) is 5.91 Å². The number of hydrogen-bond donors (Lipinski definition) is 0. The predicted molar refractivity (Wildman–Crippen MR) is 77.2 cm³/mol. The summed E-state index contributed by atoms with van der Waals surface area (Å²) < 4.78 is 4.62. The van der Waals surface area contributed by atoms with Crippen molar-refractivity contribution in [1.29, 1.82) is 0 Å². The van der Waals surface area contributed by atoms with Crippen molar-refractivity contribution in [2.45, 2.75) is 19.3 Å². The van der Waals surface area contributed by atoms with Crippen LogP contribution in [-0.2, 0) is 4.79 Å². The van der Waals surface area contributed by atoms with Crippen molar-refractivity contribution in [3.8, 4) is 12.3 Å². The van der Waals surface area contributed by atoms with Gasteiger partial charge in [-0.2, -0.15) is 0 Å². The molecule has 0 unspecified atom stereocenters. The van der Waals surface area contributed by atoms with Crippen LogP contribution in [-0.4, -0.2) is 45.2 Å². The van der Waals surface area contributed by atoms with Crippen LogP contribution >= 0.6 is 0 Å². The van der Waals surface area contributed by atoms with Crippen molar-refractivity contribution in [2.75, 3.05) is 13.1 Å². The van der Waals surface area contributed by atoms with Crippen LogP contribution in [0.3, 0.4) is 0 Å². The Hall–Kier alpha value is -2.88. The van der Waals surface area contributed by atoms with Gasteiger partial charge in [0.05, 0.1) is 0 Å². The molecular weight excluding hydrogens is 284 g/mol. The van der Waals surface area contributed by atoms with Crippen molar-refractivity contribution in [1.82, 2.24) is 20.3 Å². The maximum absolute atomic E-state index is 12.6. The summed E-state index contributed by atoms with van der Waals surface area (Å²) in [6, 6.07) is 4.92. The third-order valence-corrected chi connectivity index (χ3v) is 3.54. The molecule has 1 aromatic carbocycles. The van der Waals surface area contributed by atoms with Crippen molar-refractivity contribution in [2.24, 2.45) is 0 Å². The minimum Gasteiger partial charge on any atom is -0.273 e. The third kappa shape index (κ3) is 2.51. The Morgan fingerprint density at radius 2 is 2.00 bits per heavy atom. The van der Waals surface area contributed by atoms with Gasteiger partial charge in [-0.1, -0.05) is 0 Å². The minimum absolute atomic E-state index is 0.131. The zero-order valence-corrected chi connectivity index (χ0v) is 11.9. The van der Waals surface area contributed by atoms with E-state index in [1.165, 1.54) is 10.0 Å². The molecule has 2 heterocycles. The number of aromatic nitrogens is 2. The van der Waals surface area contributed by atoms with E-state index in [1.54, 1.807) is 18.2 Å². The standard InChI is InChI=1S/C15H14N4O3/c1-2-3-5-14(20)18-8-4-9-19(18)15(21)11-6-7-12-13(10-11)17-22-16-12/h1,6-7,10H,3-5,8-9H2. The summed E-state index contributed by atoms with van der Waals surface area (Å²) in [5.41, 5.74) is 1.54. The number of fused-ring (bicyclic) bond motifs is 1. The van der Waals surface area contributed by atoms with Crippen LogP contribution in [0.15, 0.2) is 22.8 Å². The van der Waals surface area contributed by atoms with Crippen LogP contribution in [0.5, 0.6) is 0 Å². The molecule has 2 aromatic rings. The number of hydrazine groups is 1. The van der Waals surface area contributed by atoms with Gasteiger partial charge in [0.2, 0.25) is 5.91 Å². The fraction of sp³-hybridized carbons (Fsp3) is 0.333. The highest BCUT2D eigenvalue weighted by Gasteiger charge is 2.31. The number of benzene rings is 1. The lowest BCUT2D eigenvalue weighted by atomic mass is 10.2. The average molecular weight is 298 g/mol. The molecule has 2 amide bonds. The molecular formula is C15H14N4O3. The summed E-state index contributed by atoms with van der Waals surface area (Å²) in [7, 11) is 0. The SMILES string of the molecule is C#CCCC(=O)N1CCCN1C(=O)c1ccc2nonc2c1. The van der Waals surface area contributed by atoms with Gasteiger partial charge in [-0.3, -0.25) is 14.6 Å². The number of terminal acetylenes is 1. The smallest absolute Gasteiger partial charge is 0.272 e. The predicted octanol–water partition coefficient (Wildman–Crippen LogP) is 1.23. The first kappa shape index (κ1) is 14.1. The summed E-state index contributed by atoms with van der Waals surface area (Å²) in [5.74, 6) is 2.07. The van der Waals surface area contributed by atoms with Gasteiger partial charge in [-0.25, -0.2) is 9.64 Å². The summed E-state index contributed by atoms with van der Waals surface area (Å²) in [4.78, 5) is 24.7. The lowest BCUT2D eigenvalue weighted by Gasteiger charge is -2.27. The van der Waals surface area contributed by atoms with Gasteiger partial charge in [0, 0.05) is 31.5 Å². The van der Waals surface area contributed by atoms with Crippen molar-refractivity contribution < 1.29 is 14.2 Å². The Balaban J connectivity index is 1.80. The lowest BCUT2D eigenvalue weighted by Crippen LogP contribution is -2.44. The molecule has 1 aromatic heterocycles. The summed E-state index contributed by atoms with van der Waals surface area (Å²) in [5, 5.41) is 10.4. The van der Waals surface area contributed by atoms with Gasteiger partial charge >= 0.3 is 0 Å². The highest BCUT2D eigenvalue weighted by molar-refractivity contribution is 5.98. The number of nitrogens with zero attached hydrogens (tertiary/aromatic N) is 4. The second kappa shape index (κ2) is 5.85. The number of rotatable bonds is 3. The van der Waals surface area contributed by atoms with Crippen LogP contribution < -0.4 is 0 Å². The zero-order valence-electron chi connectivity index (χ0n) is 11.9. The van der Waals surface area contributed by atoms with Crippen LogP contribution in [0.2, 0.25) is 0 Å². The Morgan fingerprint density at radius 3 is 2.82 bits per heavy atom. The average Bonchev–Trinajstić information content (AvgIpc) is 3.19. The second-order valence-electron chi connectivity index (χ2n) is 4.97. The Morgan fingerprint density at radius 1 is 1.23 bits per heavy atom. The molecule has 7 nitrogen and oxygen atoms in total. The first-order chi connectivity index (χ1) is 10.7. The van der Waals surface area contributed by atoms with Gasteiger partial charge in [0.15, 0.2) is 0 Å². The summed E-state index contributed by atoms with van der Waals surface area (Å²) in [6.07, 6.45) is 6.54. The lowest BCUT2D eigenvalue weighted by molar-refractivity contribution is -0.140. The van der Waals surface area contributed by atoms with Crippen LogP contribution in [0.25, 0.3) is 11.0 Å². The first-order valence-corrected chi connectivity index (χ1v) is 6.98. The molecule has 0 N–H and O–H groups in total. The van der Waals surface area contributed by atoms with Crippen LogP contribution in [0.4, 0.5) is 0 Å². The number of carbonyl (C=O) groups excluding carboxylic acids is 2. The molecule has 0 atom stereocenters. The molecule has 112 valence electrons. The van der Waals surface area contributed by atoms with E-state index in [4.69, 9.17) is 6.42 Å².